The minimum atomic E-state index is 0.106. The number of carbonyl (C=O) groups excluding carboxylic acids is 2. The van der Waals surface area contributed by atoms with Gasteiger partial charge in [-0.05, 0) is 37.2 Å². The highest BCUT2D eigenvalue weighted by molar-refractivity contribution is 5.99. The van der Waals surface area contributed by atoms with Crippen LogP contribution in [0.4, 0.5) is 0 Å². The molecular weight excluding hydrogens is 308 g/mol. The smallest absolute Gasteiger partial charge is 0.159 e. The molecule has 0 bridgehead atoms. The number of aldehydes is 1. The van der Waals surface area contributed by atoms with Crippen molar-refractivity contribution >= 4 is 12.1 Å². The van der Waals surface area contributed by atoms with Crippen molar-refractivity contribution in [3.63, 3.8) is 0 Å². The summed E-state index contributed by atoms with van der Waals surface area (Å²) in [4.78, 5) is 22.1. The van der Waals surface area contributed by atoms with Gasteiger partial charge in [-0.15, -0.1) is 0 Å². The number of ketones is 1. The molecule has 25 heavy (non-hydrogen) atoms. The molecule has 0 aromatic rings. The first-order valence-corrected chi connectivity index (χ1v) is 10.7. The van der Waals surface area contributed by atoms with Crippen LogP contribution in [0.3, 0.4) is 0 Å². The minimum Gasteiger partial charge on any atom is -0.303 e. The second kappa shape index (κ2) is 12.4. The zero-order chi connectivity index (χ0) is 18.5. The Labute approximate surface area is 155 Å². The quantitative estimate of drug-likeness (QED) is 0.237. The molecule has 2 nitrogen and oxygen atoms in total. The lowest BCUT2D eigenvalue weighted by Crippen LogP contribution is -2.11. The van der Waals surface area contributed by atoms with Crippen molar-refractivity contribution in [2.45, 2.75) is 117 Å². The van der Waals surface area contributed by atoms with Crippen LogP contribution in [0, 0.1) is 5.41 Å². The van der Waals surface area contributed by atoms with E-state index in [1.165, 1.54) is 76.2 Å². The van der Waals surface area contributed by atoms with Gasteiger partial charge in [0.2, 0.25) is 0 Å². The van der Waals surface area contributed by atoms with Gasteiger partial charge in [0.1, 0.15) is 6.29 Å². The molecule has 0 atom stereocenters. The molecule has 2 heteroatoms. The van der Waals surface area contributed by atoms with Gasteiger partial charge >= 0.3 is 0 Å². The van der Waals surface area contributed by atoms with Gasteiger partial charge < -0.3 is 4.79 Å². The molecule has 0 aromatic carbocycles. The summed E-state index contributed by atoms with van der Waals surface area (Å²) in [6, 6.07) is 0. The third kappa shape index (κ3) is 8.83. The van der Waals surface area contributed by atoms with E-state index in [-0.39, 0.29) is 5.41 Å². The first-order chi connectivity index (χ1) is 12.0. The third-order valence-electron chi connectivity index (χ3n) is 5.79. The summed E-state index contributed by atoms with van der Waals surface area (Å²) in [5, 5.41) is 0. The van der Waals surface area contributed by atoms with Gasteiger partial charge in [0.15, 0.2) is 5.78 Å². The van der Waals surface area contributed by atoms with Crippen molar-refractivity contribution in [3.8, 4) is 0 Å². The van der Waals surface area contributed by atoms with Crippen molar-refractivity contribution in [3.05, 3.63) is 11.1 Å². The van der Waals surface area contributed by atoms with Crippen molar-refractivity contribution in [2.75, 3.05) is 0 Å². The number of hydrogen-bond donors (Lipinski definition) is 0. The second-order valence-electron chi connectivity index (χ2n) is 8.54. The average molecular weight is 349 g/mol. The van der Waals surface area contributed by atoms with Gasteiger partial charge in [0.05, 0.1) is 0 Å². The van der Waals surface area contributed by atoms with Gasteiger partial charge in [0.25, 0.3) is 0 Å². The summed E-state index contributed by atoms with van der Waals surface area (Å²) in [6.45, 7) is 6.47. The lowest BCUT2D eigenvalue weighted by Gasteiger charge is -2.22. The number of unbranched alkanes of at least 4 members (excludes halogenated alkanes) is 12. The predicted octanol–water partition coefficient (Wildman–Crippen LogP) is 6.96. The average Bonchev–Trinajstić information content (AvgIpc) is 2.76. The second-order valence-corrected chi connectivity index (χ2v) is 8.54. The van der Waals surface area contributed by atoms with Crippen LogP contribution in [-0.2, 0) is 9.59 Å². The SMILES string of the molecule is CC1=C(CCCCCCCCCCCCCCC=O)C(C)(C)CC1=O. The summed E-state index contributed by atoms with van der Waals surface area (Å²) >= 11 is 0. The van der Waals surface area contributed by atoms with E-state index in [1.54, 1.807) is 0 Å². The number of allylic oxidation sites excluding steroid dienone is 2. The largest absolute Gasteiger partial charge is 0.303 e. The van der Waals surface area contributed by atoms with E-state index in [9.17, 15) is 9.59 Å². The fourth-order valence-corrected chi connectivity index (χ4v) is 4.14. The maximum Gasteiger partial charge on any atom is 0.159 e. The number of hydrogen-bond acceptors (Lipinski definition) is 2. The molecule has 0 heterocycles. The van der Waals surface area contributed by atoms with Gasteiger partial charge in [0, 0.05) is 12.8 Å². The van der Waals surface area contributed by atoms with Crippen LogP contribution in [0.25, 0.3) is 0 Å². The lowest BCUT2D eigenvalue weighted by atomic mass is 9.82. The fourth-order valence-electron chi connectivity index (χ4n) is 4.14. The molecule has 0 fully saturated rings. The summed E-state index contributed by atoms with van der Waals surface area (Å²) in [7, 11) is 0. The summed E-state index contributed by atoms with van der Waals surface area (Å²) in [6.07, 6.45) is 19.3. The van der Waals surface area contributed by atoms with Gasteiger partial charge in [-0.2, -0.15) is 0 Å². The molecule has 0 saturated heterocycles. The van der Waals surface area contributed by atoms with Crippen LogP contribution < -0.4 is 0 Å². The molecule has 0 amide bonds. The number of rotatable bonds is 15. The van der Waals surface area contributed by atoms with E-state index >= 15 is 0 Å². The molecule has 0 saturated carbocycles. The topological polar surface area (TPSA) is 34.1 Å². The van der Waals surface area contributed by atoms with E-state index in [0.717, 1.165) is 31.1 Å². The molecule has 0 radical (unpaired) electrons. The van der Waals surface area contributed by atoms with Crippen molar-refractivity contribution in [2.24, 2.45) is 5.41 Å². The first kappa shape index (κ1) is 22.1. The Morgan fingerprint density at radius 2 is 1.24 bits per heavy atom. The predicted molar refractivity (Wildman–Crippen MR) is 107 cm³/mol. The van der Waals surface area contributed by atoms with Gasteiger partial charge in [-0.3, -0.25) is 4.79 Å². The third-order valence-corrected chi connectivity index (χ3v) is 5.79. The zero-order valence-electron chi connectivity index (χ0n) is 17.0. The standard InChI is InChI=1S/C23H40O2/c1-20-21(23(2,3)19-22(20)25)17-15-13-11-9-7-5-4-6-8-10-12-14-16-18-24/h18H,4-17,19H2,1-3H3. The highest BCUT2D eigenvalue weighted by Gasteiger charge is 2.35. The van der Waals surface area contributed by atoms with Crippen molar-refractivity contribution in [1.29, 1.82) is 0 Å². The Morgan fingerprint density at radius 3 is 1.64 bits per heavy atom. The molecule has 0 aliphatic heterocycles. The lowest BCUT2D eigenvalue weighted by molar-refractivity contribution is -0.115. The molecule has 0 N–H and O–H groups in total. The minimum absolute atomic E-state index is 0.106. The fraction of sp³-hybridized carbons (Fsp3) is 0.826. The Bertz CT molecular complexity index is 431. The molecule has 144 valence electrons. The van der Waals surface area contributed by atoms with Crippen LogP contribution in [0.1, 0.15) is 117 Å². The van der Waals surface area contributed by atoms with Crippen LogP contribution in [0.15, 0.2) is 11.1 Å². The van der Waals surface area contributed by atoms with Gasteiger partial charge in [-0.25, -0.2) is 0 Å². The van der Waals surface area contributed by atoms with E-state index in [0.29, 0.717) is 12.2 Å². The van der Waals surface area contributed by atoms with Crippen molar-refractivity contribution < 1.29 is 9.59 Å². The molecule has 1 aliphatic carbocycles. The Morgan fingerprint density at radius 1 is 0.800 bits per heavy atom. The van der Waals surface area contributed by atoms with E-state index in [4.69, 9.17) is 0 Å². The Balaban J connectivity index is 1.91. The summed E-state index contributed by atoms with van der Waals surface area (Å²) < 4.78 is 0. The van der Waals surface area contributed by atoms with Crippen molar-refractivity contribution in [1.82, 2.24) is 0 Å². The van der Waals surface area contributed by atoms with E-state index < -0.39 is 0 Å². The summed E-state index contributed by atoms with van der Waals surface area (Å²) in [5.41, 5.74) is 2.58. The molecule has 1 rings (SSSR count). The molecule has 1 aliphatic rings. The first-order valence-electron chi connectivity index (χ1n) is 10.7. The van der Waals surface area contributed by atoms with E-state index in [2.05, 4.69) is 13.8 Å². The van der Waals surface area contributed by atoms with E-state index in [1.807, 2.05) is 6.92 Å². The normalized spacial score (nSPS) is 16.7. The molecule has 0 spiro atoms. The monoisotopic (exact) mass is 348 g/mol. The van der Waals surface area contributed by atoms with Crippen LogP contribution in [0.5, 0.6) is 0 Å². The highest BCUT2D eigenvalue weighted by atomic mass is 16.1. The highest BCUT2D eigenvalue weighted by Crippen LogP contribution is 2.42. The molecular formula is C23H40O2. The maximum absolute atomic E-state index is 11.9. The number of Topliss-reactive ketones (excluding diaryl/α,β-unsaturated/α-hetero) is 1. The van der Waals surface area contributed by atoms with Crippen LogP contribution in [0.2, 0.25) is 0 Å². The molecule has 0 aromatic heterocycles. The number of carbonyl (C=O) groups is 2. The van der Waals surface area contributed by atoms with Crippen LogP contribution >= 0.6 is 0 Å². The van der Waals surface area contributed by atoms with Crippen LogP contribution in [-0.4, -0.2) is 12.1 Å². The maximum atomic E-state index is 11.9. The molecule has 0 unspecified atom stereocenters. The Kier molecular flexibility index (Phi) is 11.0. The summed E-state index contributed by atoms with van der Waals surface area (Å²) in [5.74, 6) is 0.365. The Hall–Kier alpha value is -0.920. The zero-order valence-corrected chi connectivity index (χ0v) is 17.0. The van der Waals surface area contributed by atoms with Gasteiger partial charge in [-0.1, -0.05) is 83.6 Å².